The Bertz CT molecular complexity index is 1610. The van der Waals surface area contributed by atoms with Crippen LogP contribution >= 0.6 is 0 Å². The van der Waals surface area contributed by atoms with Crippen molar-refractivity contribution in [2.45, 2.75) is 19.6 Å². The molecule has 5 aromatic carbocycles. The van der Waals surface area contributed by atoms with E-state index in [2.05, 4.69) is 83.4 Å². The number of ether oxygens (including phenoxy) is 2. The number of rotatable bonds is 8. The van der Waals surface area contributed by atoms with Crippen LogP contribution in [0.1, 0.15) is 12.2 Å². The van der Waals surface area contributed by atoms with Gasteiger partial charge in [0.05, 0.1) is 17.6 Å². The number of nitrogens with zero attached hydrogens (tertiary/aromatic N) is 2. The lowest BCUT2D eigenvalue weighted by Gasteiger charge is -2.12. The molecule has 0 saturated carbocycles. The third kappa shape index (κ3) is 4.43. The van der Waals surface area contributed by atoms with Gasteiger partial charge in [-0.25, -0.2) is 4.98 Å². The molecule has 0 aliphatic carbocycles. The largest absolute Gasteiger partial charge is 0.493 e. The van der Waals surface area contributed by atoms with E-state index in [4.69, 9.17) is 14.5 Å². The number of fused-ring (bicyclic) bond motifs is 3. The fourth-order valence-electron chi connectivity index (χ4n) is 4.62. The van der Waals surface area contributed by atoms with Crippen LogP contribution in [0.4, 0.5) is 0 Å². The van der Waals surface area contributed by atoms with Crippen molar-refractivity contribution in [1.82, 2.24) is 9.55 Å². The Hall–Kier alpha value is -4.31. The normalized spacial score (nSPS) is 11.3. The highest BCUT2D eigenvalue weighted by molar-refractivity contribution is 5.88. The van der Waals surface area contributed by atoms with E-state index >= 15 is 0 Å². The third-order valence-electron chi connectivity index (χ3n) is 6.36. The first-order valence-electron chi connectivity index (χ1n) is 12.0. The Labute approximate surface area is 204 Å². The van der Waals surface area contributed by atoms with Crippen LogP contribution in [0, 0.1) is 0 Å². The van der Waals surface area contributed by atoms with Crippen molar-refractivity contribution in [3.05, 3.63) is 115 Å². The maximum Gasteiger partial charge on any atom is 0.147 e. The van der Waals surface area contributed by atoms with Gasteiger partial charge in [0, 0.05) is 11.9 Å². The summed E-state index contributed by atoms with van der Waals surface area (Å²) in [5.41, 5.74) is 2.11. The molecule has 0 saturated heterocycles. The molecule has 35 heavy (non-hydrogen) atoms. The molecule has 0 N–H and O–H groups in total. The second-order valence-electron chi connectivity index (χ2n) is 8.65. The number of benzene rings is 5. The van der Waals surface area contributed by atoms with Crippen molar-refractivity contribution >= 4 is 32.6 Å². The van der Waals surface area contributed by atoms with E-state index in [1.165, 1.54) is 16.2 Å². The molecule has 0 spiro atoms. The van der Waals surface area contributed by atoms with Crippen LogP contribution in [-0.2, 0) is 13.2 Å². The lowest BCUT2D eigenvalue weighted by molar-refractivity contribution is 0.281. The summed E-state index contributed by atoms with van der Waals surface area (Å²) < 4.78 is 14.6. The number of aryl methyl sites for hydroxylation is 1. The Morgan fingerprint density at radius 1 is 0.657 bits per heavy atom. The zero-order valence-electron chi connectivity index (χ0n) is 19.4. The molecule has 0 atom stereocenters. The zero-order valence-corrected chi connectivity index (χ0v) is 19.4. The van der Waals surface area contributed by atoms with Crippen LogP contribution in [0.25, 0.3) is 32.6 Å². The standard InChI is InChI=1S/C31H26N2O2/c1-2-11-25-21-26(18-17-23(25)9-1)35-22-31-32-28-14-5-6-15-29(28)33(31)19-8-20-34-30-16-7-12-24-10-3-4-13-27(24)30/h1-7,9-18,21H,8,19-20,22H2. The summed E-state index contributed by atoms with van der Waals surface area (Å²) in [5, 5.41) is 4.72. The molecule has 6 rings (SSSR count). The van der Waals surface area contributed by atoms with Crippen LogP contribution in [-0.4, -0.2) is 16.2 Å². The maximum absolute atomic E-state index is 6.18. The predicted octanol–water partition coefficient (Wildman–Crippen LogP) is 7.39. The van der Waals surface area contributed by atoms with Crippen LogP contribution in [0.2, 0.25) is 0 Å². The lowest BCUT2D eigenvalue weighted by atomic mass is 10.1. The molecule has 0 bridgehead atoms. The fraction of sp³-hybridized carbons (Fsp3) is 0.129. The van der Waals surface area contributed by atoms with Gasteiger partial charge in [0.1, 0.15) is 23.9 Å². The van der Waals surface area contributed by atoms with Gasteiger partial charge in [0.15, 0.2) is 0 Å². The Morgan fingerprint density at radius 3 is 2.37 bits per heavy atom. The predicted molar refractivity (Wildman–Crippen MR) is 142 cm³/mol. The summed E-state index contributed by atoms with van der Waals surface area (Å²) in [6.07, 6.45) is 0.868. The van der Waals surface area contributed by atoms with Crippen molar-refractivity contribution in [3.63, 3.8) is 0 Å². The van der Waals surface area contributed by atoms with Gasteiger partial charge in [0.2, 0.25) is 0 Å². The zero-order chi connectivity index (χ0) is 23.5. The molecule has 0 aliphatic heterocycles. The van der Waals surface area contributed by atoms with Crippen molar-refractivity contribution in [1.29, 1.82) is 0 Å². The number of aromatic nitrogens is 2. The van der Waals surface area contributed by atoms with Gasteiger partial charge in [-0.05, 0) is 52.9 Å². The van der Waals surface area contributed by atoms with E-state index in [9.17, 15) is 0 Å². The quantitative estimate of drug-likeness (QED) is 0.223. The summed E-state index contributed by atoms with van der Waals surface area (Å²) in [5.74, 6) is 2.70. The van der Waals surface area contributed by atoms with E-state index < -0.39 is 0 Å². The molecule has 0 radical (unpaired) electrons. The molecule has 172 valence electrons. The Balaban J connectivity index is 1.17. The second kappa shape index (κ2) is 9.51. The molecule has 0 unspecified atom stereocenters. The summed E-state index contributed by atoms with van der Waals surface area (Å²) >= 11 is 0. The monoisotopic (exact) mass is 458 g/mol. The van der Waals surface area contributed by atoms with E-state index in [1.54, 1.807) is 0 Å². The minimum absolute atomic E-state index is 0.414. The molecule has 0 aliphatic rings. The van der Waals surface area contributed by atoms with Crippen molar-refractivity contribution < 1.29 is 9.47 Å². The molecule has 0 fully saturated rings. The molecule has 4 nitrogen and oxygen atoms in total. The van der Waals surface area contributed by atoms with Crippen molar-refractivity contribution in [2.75, 3.05) is 6.61 Å². The molecule has 6 aromatic rings. The summed E-state index contributed by atoms with van der Waals surface area (Å²) in [7, 11) is 0. The number of para-hydroxylation sites is 2. The lowest BCUT2D eigenvalue weighted by Crippen LogP contribution is -2.10. The minimum atomic E-state index is 0.414. The highest BCUT2D eigenvalue weighted by atomic mass is 16.5. The topological polar surface area (TPSA) is 36.3 Å². The van der Waals surface area contributed by atoms with E-state index in [-0.39, 0.29) is 0 Å². The van der Waals surface area contributed by atoms with E-state index in [0.29, 0.717) is 13.2 Å². The fourth-order valence-corrected chi connectivity index (χ4v) is 4.62. The Morgan fingerprint density at radius 2 is 1.43 bits per heavy atom. The first kappa shape index (κ1) is 21.2. The second-order valence-corrected chi connectivity index (χ2v) is 8.65. The van der Waals surface area contributed by atoms with Gasteiger partial charge >= 0.3 is 0 Å². The molecule has 1 aromatic heterocycles. The van der Waals surface area contributed by atoms with Gasteiger partial charge in [-0.2, -0.15) is 0 Å². The van der Waals surface area contributed by atoms with Crippen LogP contribution in [0.5, 0.6) is 11.5 Å². The summed E-state index contributed by atoms with van der Waals surface area (Å²) in [6, 6.07) is 37.3. The molecular weight excluding hydrogens is 432 g/mol. The maximum atomic E-state index is 6.18. The van der Waals surface area contributed by atoms with E-state index in [1.807, 2.05) is 30.3 Å². The molecule has 4 heteroatoms. The first-order chi connectivity index (χ1) is 17.3. The van der Waals surface area contributed by atoms with Gasteiger partial charge in [-0.1, -0.05) is 78.9 Å². The molecule has 0 amide bonds. The highest BCUT2D eigenvalue weighted by Gasteiger charge is 2.12. The van der Waals surface area contributed by atoms with Gasteiger partial charge in [0.25, 0.3) is 0 Å². The molecular formula is C31H26N2O2. The van der Waals surface area contributed by atoms with Crippen LogP contribution in [0.15, 0.2) is 109 Å². The average molecular weight is 459 g/mol. The Kier molecular flexibility index (Phi) is 5.77. The number of hydrogen-bond acceptors (Lipinski definition) is 3. The summed E-state index contributed by atoms with van der Waals surface area (Å²) in [4.78, 5) is 4.87. The third-order valence-corrected chi connectivity index (χ3v) is 6.36. The SMILES string of the molecule is c1ccc2cc(OCc3nc4ccccc4n3CCCOc3cccc4ccccc34)ccc2c1. The minimum Gasteiger partial charge on any atom is -0.493 e. The van der Waals surface area contributed by atoms with Crippen LogP contribution in [0.3, 0.4) is 0 Å². The van der Waals surface area contributed by atoms with Crippen molar-refractivity contribution in [3.8, 4) is 11.5 Å². The summed E-state index contributed by atoms with van der Waals surface area (Å²) in [6.45, 7) is 1.85. The molecule has 1 heterocycles. The van der Waals surface area contributed by atoms with E-state index in [0.717, 1.165) is 46.7 Å². The van der Waals surface area contributed by atoms with Gasteiger partial charge in [-0.15, -0.1) is 0 Å². The van der Waals surface area contributed by atoms with Gasteiger partial charge in [-0.3, -0.25) is 0 Å². The average Bonchev–Trinajstić information content (AvgIpc) is 3.27. The highest BCUT2D eigenvalue weighted by Crippen LogP contribution is 2.26. The van der Waals surface area contributed by atoms with Crippen molar-refractivity contribution in [2.24, 2.45) is 0 Å². The smallest absolute Gasteiger partial charge is 0.147 e. The first-order valence-corrected chi connectivity index (χ1v) is 12.0. The number of hydrogen-bond donors (Lipinski definition) is 0. The van der Waals surface area contributed by atoms with Crippen LogP contribution < -0.4 is 9.47 Å². The van der Waals surface area contributed by atoms with Gasteiger partial charge < -0.3 is 14.0 Å². The number of imidazole rings is 1.